The average molecular weight is 421 g/mol. The number of amides is 1. The summed E-state index contributed by atoms with van der Waals surface area (Å²) in [6.07, 6.45) is 1.30. The lowest BCUT2D eigenvalue weighted by Crippen LogP contribution is -2.13. The van der Waals surface area contributed by atoms with Crippen molar-refractivity contribution in [1.82, 2.24) is 14.5 Å². The number of imidazole rings is 1. The van der Waals surface area contributed by atoms with E-state index in [4.69, 9.17) is 4.74 Å². The molecular weight excluding hydrogens is 396 g/mol. The summed E-state index contributed by atoms with van der Waals surface area (Å²) in [7, 11) is 0. The van der Waals surface area contributed by atoms with Crippen molar-refractivity contribution in [1.29, 1.82) is 0 Å². The number of fused-ring (bicyclic) bond motifs is 1. The van der Waals surface area contributed by atoms with Crippen LogP contribution in [0, 0.1) is 20.8 Å². The molecule has 0 saturated carbocycles. The molecule has 1 amide bonds. The Labute approximate surface area is 179 Å². The van der Waals surface area contributed by atoms with Gasteiger partial charge in [-0.1, -0.05) is 23.8 Å². The first-order chi connectivity index (χ1) is 14.4. The summed E-state index contributed by atoms with van der Waals surface area (Å²) < 4.78 is 7.50. The highest BCUT2D eigenvalue weighted by molar-refractivity contribution is 7.15. The number of carbonyl (C=O) groups excluding carboxylic acids is 1. The fourth-order valence-corrected chi connectivity index (χ4v) is 4.48. The normalized spacial score (nSPS) is 11.1. The summed E-state index contributed by atoms with van der Waals surface area (Å²) in [5, 5.41) is 3.72. The van der Waals surface area contributed by atoms with Crippen molar-refractivity contribution >= 4 is 34.2 Å². The van der Waals surface area contributed by atoms with Crippen LogP contribution in [0.15, 0.2) is 42.7 Å². The second-order valence-corrected chi connectivity index (χ2v) is 8.36. The van der Waals surface area contributed by atoms with Crippen LogP contribution < -0.4 is 5.32 Å². The van der Waals surface area contributed by atoms with E-state index in [-0.39, 0.29) is 6.61 Å². The summed E-state index contributed by atoms with van der Waals surface area (Å²) in [6.45, 7) is 9.21. The third-order valence-electron chi connectivity index (χ3n) is 5.05. The molecule has 0 atom stereocenters. The van der Waals surface area contributed by atoms with Crippen molar-refractivity contribution < 1.29 is 9.53 Å². The average Bonchev–Trinajstić information content (AvgIpc) is 3.29. The van der Waals surface area contributed by atoms with Gasteiger partial charge in [0.1, 0.15) is 11.6 Å². The first kappa shape index (κ1) is 20.1. The molecule has 2 aromatic heterocycles. The fraction of sp³-hybridized carbons (Fsp3) is 0.261. The Morgan fingerprint density at radius 2 is 2.00 bits per heavy atom. The van der Waals surface area contributed by atoms with Gasteiger partial charge in [-0.3, -0.25) is 5.32 Å². The number of rotatable bonds is 5. The molecule has 2 aromatic carbocycles. The monoisotopic (exact) mass is 420 g/mol. The summed E-state index contributed by atoms with van der Waals surface area (Å²) >= 11 is 1.56. The van der Waals surface area contributed by atoms with Crippen molar-refractivity contribution in [3.63, 3.8) is 0 Å². The quantitative estimate of drug-likeness (QED) is 0.439. The van der Waals surface area contributed by atoms with Crippen LogP contribution in [0.3, 0.4) is 0 Å². The Morgan fingerprint density at radius 3 is 2.77 bits per heavy atom. The highest BCUT2D eigenvalue weighted by Gasteiger charge is 2.14. The molecule has 0 aliphatic carbocycles. The molecule has 6 nitrogen and oxygen atoms in total. The van der Waals surface area contributed by atoms with E-state index >= 15 is 0 Å². The Morgan fingerprint density at radius 1 is 1.17 bits per heavy atom. The highest BCUT2D eigenvalue weighted by Crippen LogP contribution is 2.31. The lowest BCUT2D eigenvalue weighted by molar-refractivity contribution is 0.156. The minimum atomic E-state index is -0.495. The van der Waals surface area contributed by atoms with E-state index in [0.717, 1.165) is 38.7 Å². The Bertz CT molecular complexity index is 1230. The fourth-order valence-electron chi connectivity index (χ4n) is 3.41. The predicted octanol–water partition coefficient (Wildman–Crippen LogP) is 5.85. The molecule has 1 N–H and O–H groups in total. The Kier molecular flexibility index (Phi) is 5.55. The van der Waals surface area contributed by atoms with Gasteiger partial charge in [0.05, 0.1) is 27.9 Å². The molecule has 0 unspecified atom stereocenters. The number of nitrogens with zero attached hydrogens (tertiary/aromatic N) is 3. The smallest absolute Gasteiger partial charge is 0.411 e. The number of carbonyl (C=O) groups is 1. The van der Waals surface area contributed by atoms with Crippen molar-refractivity contribution in [3.8, 4) is 10.6 Å². The molecule has 30 heavy (non-hydrogen) atoms. The molecule has 0 spiro atoms. The zero-order valence-electron chi connectivity index (χ0n) is 17.5. The van der Waals surface area contributed by atoms with E-state index in [1.165, 1.54) is 11.1 Å². The van der Waals surface area contributed by atoms with Gasteiger partial charge in [0.25, 0.3) is 0 Å². The second-order valence-electron chi connectivity index (χ2n) is 7.28. The zero-order valence-corrected chi connectivity index (χ0v) is 18.3. The van der Waals surface area contributed by atoms with Crippen LogP contribution >= 0.6 is 11.3 Å². The first-order valence-corrected chi connectivity index (χ1v) is 10.7. The second kappa shape index (κ2) is 8.28. The molecule has 0 aliphatic rings. The van der Waals surface area contributed by atoms with E-state index in [2.05, 4.69) is 58.8 Å². The number of aromatic nitrogens is 3. The number of ether oxygens (including phenoxy) is 1. The Hall–Kier alpha value is -3.19. The summed E-state index contributed by atoms with van der Waals surface area (Å²) in [6, 6.07) is 12.0. The van der Waals surface area contributed by atoms with Crippen LogP contribution in [0.1, 0.15) is 28.6 Å². The van der Waals surface area contributed by atoms with Gasteiger partial charge in [-0.2, -0.15) is 0 Å². The first-order valence-electron chi connectivity index (χ1n) is 9.87. The minimum Gasteiger partial charge on any atom is -0.444 e. The van der Waals surface area contributed by atoms with Crippen LogP contribution in [-0.4, -0.2) is 20.6 Å². The molecule has 0 aliphatic heterocycles. The Balaban J connectivity index is 1.42. The molecule has 2 heterocycles. The predicted molar refractivity (Wildman–Crippen MR) is 121 cm³/mol. The zero-order chi connectivity index (χ0) is 21.3. The van der Waals surface area contributed by atoms with E-state index in [1.54, 1.807) is 17.7 Å². The minimum absolute atomic E-state index is 0.187. The third-order valence-corrected chi connectivity index (χ3v) is 6.21. The van der Waals surface area contributed by atoms with E-state index < -0.39 is 6.09 Å². The standard InChI is InChI=1S/C23H24N4O2S/c1-5-27-13-24-19-11-17(7-9-20(19)27)26-23(28)29-12-21-16(4)25-22(30-21)18-8-6-14(2)10-15(18)3/h6-11,13H,5,12H2,1-4H3,(H,26,28). The molecule has 0 bridgehead atoms. The molecular formula is C23H24N4O2S. The van der Waals surface area contributed by atoms with Crippen LogP contribution in [0.5, 0.6) is 0 Å². The molecule has 0 saturated heterocycles. The number of benzene rings is 2. The maximum atomic E-state index is 12.3. The number of nitrogens with one attached hydrogen (secondary N) is 1. The number of anilines is 1. The number of thiazole rings is 1. The summed E-state index contributed by atoms with van der Waals surface area (Å²) in [4.78, 5) is 22.3. The van der Waals surface area contributed by atoms with Gasteiger partial charge in [0.2, 0.25) is 0 Å². The molecule has 4 rings (SSSR count). The molecule has 4 aromatic rings. The van der Waals surface area contributed by atoms with Gasteiger partial charge in [0.15, 0.2) is 0 Å². The number of aryl methyl sites for hydroxylation is 4. The SMILES string of the molecule is CCn1cnc2cc(NC(=O)OCc3sc(-c4ccc(C)cc4C)nc3C)ccc21. The maximum absolute atomic E-state index is 12.3. The van der Waals surface area contributed by atoms with E-state index in [1.807, 2.05) is 25.1 Å². The highest BCUT2D eigenvalue weighted by atomic mass is 32.1. The van der Waals surface area contributed by atoms with Crippen molar-refractivity contribution in [2.75, 3.05) is 5.32 Å². The molecule has 0 fully saturated rings. The van der Waals surface area contributed by atoms with Gasteiger partial charge in [-0.25, -0.2) is 14.8 Å². The molecule has 154 valence electrons. The van der Waals surface area contributed by atoms with Gasteiger partial charge in [-0.05, 0) is 51.5 Å². The molecule has 7 heteroatoms. The summed E-state index contributed by atoms with van der Waals surface area (Å²) in [5.74, 6) is 0. The van der Waals surface area contributed by atoms with Crippen LogP contribution in [-0.2, 0) is 17.9 Å². The van der Waals surface area contributed by atoms with E-state index in [9.17, 15) is 4.79 Å². The van der Waals surface area contributed by atoms with Gasteiger partial charge < -0.3 is 9.30 Å². The van der Waals surface area contributed by atoms with Crippen LogP contribution in [0.25, 0.3) is 21.6 Å². The van der Waals surface area contributed by atoms with Crippen molar-refractivity contribution in [2.24, 2.45) is 0 Å². The topological polar surface area (TPSA) is 69.0 Å². The van der Waals surface area contributed by atoms with E-state index in [0.29, 0.717) is 5.69 Å². The molecule has 0 radical (unpaired) electrons. The summed E-state index contributed by atoms with van der Waals surface area (Å²) in [5.41, 5.74) is 6.95. The van der Waals surface area contributed by atoms with Crippen molar-refractivity contribution in [3.05, 3.63) is 64.4 Å². The van der Waals surface area contributed by atoms with Gasteiger partial charge in [-0.15, -0.1) is 11.3 Å². The lowest BCUT2D eigenvalue weighted by atomic mass is 10.1. The van der Waals surface area contributed by atoms with Gasteiger partial charge in [0, 0.05) is 17.8 Å². The van der Waals surface area contributed by atoms with Gasteiger partial charge >= 0.3 is 6.09 Å². The maximum Gasteiger partial charge on any atom is 0.411 e. The lowest BCUT2D eigenvalue weighted by Gasteiger charge is -2.07. The van der Waals surface area contributed by atoms with Crippen molar-refractivity contribution in [2.45, 2.75) is 40.8 Å². The number of hydrogen-bond donors (Lipinski definition) is 1. The number of hydrogen-bond acceptors (Lipinski definition) is 5. The third kappa shape index (κ3) is 4.07. The van der Waals surface area contributed by atoms with Crippen LogP contribution in [0.2, 0.25) is 0 Å². The largest absolute Gasteiger partial charge is 0.444 e. The van der Waals surface area contributed by atoms with Crippen LogP contribution in [0.4, 0.5) is 10.5 Å².